The second-order valence-corrected chi connectivity index (χ2v) is 5.73. The number of aromatic nitrogens is 2. The minimum Gasteiger partial charge on any atom is -0.491 e. The summed E-state index contributed by atoms with van der Waals surface area (Å²) in [7, 11) is 0. The van der Waals surface area contributed by atoms with Crippen LogP contribution < -0.4 is 15.4 Å². The summed E-state index contributed by atoms with van der Waals surface area (Å²) in [5.41, 5.74) is 0. The number of benzene rings is 1. The molecule has 0 bridgehead atoms. The zero-order valence-corrected chi connectivity index (χ0v) is 12.8. The first-order chi connectivity index (χ1) is 11.2. The lowest BCUT2D eigenvalue weighted by molar-refractivity contribution is 0.105. The first-order valence-corrected chi connectivity index (χ1v) is 7.73. The molecule has 1 aliphatic heterocycles. The number of hydrogen-bond donors (Lipinski definition) is 3. The number of nitrogens with zero attached hydrogens (tertiary/aromatic N) is 2. The number of aliphatic hydroxyl groups is 1. The summed E-state index contributed by atoms with van der Waals surface area (Å²) in [6, 6.07) is 7.86. The number of fused-ring (bicyclic) bond motifs is 1. The van der Waals surface area contributed by atoms with Crippen LogP contribution in [-0.4, -0.2) is 47.2 Å². The molecule has 7 heteroatoms. The molecule has 3 rings (SSSR count). The molecule has 23 heavy (non-hydrogen) atoms. The highest BCUT2D eigenvalue weighted by atomic mass is 19.1. The third-order valence-corrected chi connectivity index (χ3v) is 3.77. The van der Waals surface area contributed by atoms with E-state index in [9.17, 15) is 9.50 Å². The van der Waals surface area contributed by atoms with Crippen LogP contribution in [0, 0.1) is 11.7 Å². The molecule has 2 heterocycles. The number of halogens is 1. The fraction of sp³-hybridized carbons (Fsp3) is 0.438. The Balaban J connectivity index is 1.34. The molecular formula is C16H21FN4O2. The average Bonchev–Trinajstić information content (AvgIpc) is 3.01. The van der Waals surface area contributed by atoms with E-state index < -0.39 is 6.10 Å². The van der Waals surface area contributed by atoms with Crippen LogP contribution in [0.25, 0.3) is 0 Å². The van der Waals surface area contributed by atoms with Gasteiger partial charge in [0.15, 0.2) is 0 Å². The van der Waals surface area contributed by atoms with Crippen LogP contribution in [0.3, 0.4) is 0 Å². The summed E-state index contributed by atoms with van der Waals surface area (Å²) in [6.07, 6.45) is 1.14. The van der Waals surface area contributed by atoms with Gasteiger partial charge in [0, 0.05) is 44.2 Å². The van der Waals surface area contributed by atoms with Gasteiger partial charge >= 0.3 is 0 Å². The Labute approximate surface area is 134 Å². The molecule has 2 atom stereocenters. The number of ether oxygens (including phenoxy) is 1. The molecule has 3 N–H and O–H groups in total. The van der Waals surface area contributed by atoms with Gasteiger partial charge in [-0.25, -0.2) is 9.07 Å². The second kappa shape index (κ2) is 7.43. The average molecular weight is 320 g/mol. The quantitative estimate of drug-likeness (QED) is 0.712. The minimum atomic E-state index is -0.643. The molecule has 0 aliphatic carbocycles. The number of rotatable bonds is 7. The Morgan fingerprint density at radius 2 is 2.39 bits per heavy atom. The highest BCUT2D eigenvalue weighted by Crippen LogP contribution is 2.15. The van der Waals surface area contributed by atoms with Crippen LogP contribution in [-0.2, 0) is 6.54 Å². The predicted octanol–water partition coefficient (Wildman–Crippen LogP) is 1.09. The Bertz CT molecular complexity index is 634. The first kappa shape index (κ1) is 15.8. The molecule has 0 amide bonds. The van der Waals surface area contributed by atoms with Gasteiger partial charge in [0.25, 0.3) is 0 Å². The zero-order valence-electron chi connectivity index (χ0n) is 12.8. The molecule has 0 fully saturated rings. The molecule has 0 unspecified atom stereocenters. The van der Waals surface area contributed by atoms with Crippen molar-refractivity contribution in [2.45, 2.75) is 12.6 Å². The van der Waals surface area contributed by atoms with Crippen molar-refractivity contribution < 1.29 is 14.2 Å². The van der Waals surface area contributed by atoms with Gasteiger partial charge < -0.3 is 20.5 Å². The molecule has 0 spiro atoms. The van der Waals surface area contributed by atoms with E-state index in [1.165, 1.54) is 12.1 Å². The van der Waals surface area contributed by atoms with Crippen molar-refractivity contribution in [2.75, 3.05) is 31.6 Å². The molecule has 1 aromatic carbocycles. The maximum Gasteiger partial charge on any atom is 0.126 e. The Kier molecular flexibility index (Phi) is 5.09. The SMILES string of the molecule is O[C@@H](CNC[C@H]1CNc2ccnn2C1)COc1cccc(F)c1. The zero-order chi connectivity index (χ0) is 16.1. The fourth-order valence-electron chi connectivity index (χ4n) is 2.59. The van der Waals surface area contributed by atoms with Gasteiger partial charge in [0.1, 0.15) is 30.1 Å². The molecular weight excluding hydrogens is 299 g/mol. The highest BCUT2D eigenvalue weighted by Gasteiger charge is 2.18. The van der Waals surface area contributed by atoms with Gasteiger partial charge in [0.2, 0.25) is 0 Å². The number of aliphatic hydroxyl groups excluding tert-OH is 1. The van der Waals surface area contributed by atoms with Crippen LogP contribution in [0.4, 0.5) is 10.2 Å². The van der Waals surface area contributed by atoms with Crippen molar-refractivity contribution in [1.82, 2.24) is 15.1 Å². The molecule has 1 aliphatic rings. The predicted molar refractivity (Wildman–Crippen MR) is 85.0 cm³/mol. The lowest BCUT2D eigenvalue weighted by Crippen LogP contribution is -2.39. The minimum absolute atomic E-state index is 0.128. The van der Waals surface area contributed by atoms with E-state index in [1.54, 1.807) is 18.3 Å². The molecule has 2 aromatic rings. The third kappa shape index (κ3) is 4.43. The van der Waals surface area contributed by atoms with Gasteiger partial charge in [-0.3, -0.25) is 0 Å². The lowest BCUT2D eigenvalue weighted by atomic mass is 10.1. The van der Waals surface area contributed by atoms with Crippen molar-refractivity contribution in [3.8, 4) is 5.75 Å². The van der Waals surface area contributed by atoms with Gasteiger partial charge in [0.05, 0.1) is 6.20 Å². The smallest absolute Gasteiger partial charge is 0.126 e. The maximum atomic E-state index is 13.0. The lowest BCUT2D eigenvalue weighted by Gasteiger charge is -2.25. The molecule has 1 aromatic heterocycles. The van der Waals surface area contributed by atoms with Crippen molar-refractivity contribution >= 4 is 5.82 Å². The molecule has 124 valence electrons. The van der Waals surface area contributed by atoms with E-state index in [1.807, 2.05) is 10.7 Å². The molecule has 0 saturated carbocycles. The summed E-state index contributed by atoms with van der Waals surface area (Å²) < 4.78 is 20.3. The van der Waals surface area contributed by atoms with Crippen LogP contribution in [0.5, 0.6) is 5.75 Å². The van der Waals surface area contributed by atoms with Crippen molar-refractivity contribution in [3.63, 3.8) is 0 Å². The van der Waals surface area contributed by atoms with Gasteiger partial charge in [-0.2, -0.15) is 5.10 Å². The Morgan fingerprint density at radius 3 is 3.26 bits per heavy atom. The van der Waals surface area contributed by atoms with E-state index in [-0.39, 0.29) is 12.4 Å². The normalized spacial score (nSPS) is 18.1. The van der Waals surface area contributed by atoms with E-state index in [0.717, 1.165) is 25.5 Å². The monoisotopic (exact) mass is 320 g/mol. The van der Waals surface area contributed by atoms with Crippen molar-refractivity contribution in [3.05, 3.63) is 42.3 Å². The highest BCUT2D eigenvalue weighted by molar-refractivity contribution is 5.35. The maximum absolute atomic E-state index is 13.0. The fourth-order valence-corrected chi connectivity index (χ4v) is 2.59. The molecule has 0 saturated heterocycles. The number of nitrogens with one attached hydrogen (secondary N) is 2. The standard InChI is InChI=1S/C16H21FN4O2/c17-13-2-1-3-15(6-13)23-11-14(22)9-18-7-12-8-19-16-4-5-20-21(16)10-12/h1-6,12,14,18-19,22H,7-11H2/t12-,14-/m0/s1. The summed E-state index contributed by atoms with van der Waals surface area (Å²) in [5.74, 6) is 1.54. The van der Waals surface area contributed by atoms with Crippen molar-refractivity contribution in [2.24, 2.45) is 5.92 Å². The van der Waals surface area contributed by atoms with E-state index in [4.69, 9.17) is 4.74 Å². The van der Waals surface area contributed by atoms with Gasteiger partial charge in [-0.05, 0) is 12.1 Å². The summed E-state index contributed by atoms with van der Waals surface area (Å²) >= 11 is 0. The van der Waals surface area contributed by atoms with Crippen molar-refractivity contribution in [1.29, 1.82) is 0 Å². The summed E-state index contributed by atoms with van der Waals surface area (Å²) in [5, 5.41) is 20.7. The number of hydrogen-bond acceptors (Lipinski definition) is 5. The molecule has 0 radical (unpaired) electrons. The van der Waals surface area contributed by atoms with Gasteiger partial charge in [-0.1, -0.05) is 6.07 Å². The van der Waals surface area contributed by atoms with Crippen LogP contribution in [0.2, 0.25) is 0 Å². The topological polar surface area (TPSA) is 71.3 Å². The molecule has 6 nitrogen and oxygen atoms in total. The third-order valence-electron chi connectivity index (χ3n) is 3.77. The van der Waals surface area contributed by atoms with E-state index in [0.29, 0.717) is 18.2 Å². The number of anilines is 1. The van der Waals surface area contributed by atoms with Gasteiger partial charge in [-0.15, -0.1) is 0 Å². The first-order valence-electron chi connectivity index (χ1n) is 7.73. The Morgan fingerprint density at radius 1 is 1.48 bits per heavy atom. The van der Waals surface area contributed by atoms with Crippen LogP contribution in [0.15, 0.2) is 36.5 Å². The summed E-state index contributed by atoms with van der Waals surface area (Å²) in [6.45, 7) is 3.08. The van der Waals surface area contributed by atoms with E-state index >= 15 is 0 Å². The van der Waals surface area contributed by atoms with Crippen LogP contribution in [0.1, 0.15) is 0 Å². The Hall–Kier alpha value is -2.12. The van der Waals surface area contributed by atoms with Crippen LogP contribution >= 0.6 is 0 Å². The second-order valence-electron chi connectivity index (χ2n) is 5.73. The van der Waals surface area contributed by atoms with E-state index in [2.05, 4.69) is 15.7 Å². The largest absolute Gasteiger partial charge is 0.491 e. The summed E-state index contributed by atoms with van der Waals surface area (Å²) in [4.78, 5) is 0.